The van der Waals surface area contributed by atoms with Crippen molar-refractivity contribution in [3.8, 4) is 4.56 Å². The van der Waals surface area contributed by atoms with E-state index in [-0.39, 0.29) is 37.1 Å². The van der Waals surface area contributed by atoms with Crippen LogP contribution in [-0.2, 0) is 5.41 Å². The van der Waals surface area contributed by atoms with Crippen LogP contribution in [-0.4, -0.2) is 30.6 Å². The first kappa shape index (κ1) is 18.2. The minimum atomic E-state index is -0.239. The molecule has 7 rings (SSSR count). The first-order valence-corrected chi connectivity index (χ1v) is 12.2. The van der Waals surface area contributed by atoms with Crippen LogP contribution in [0.15, 0.2) is 71.0 Å². The topological polar surface area (TPSA) is 52.2 Å². The summed E-state index contributed by atoms with van der Waals surface area (Å²) in [5, 5.41) is 2.53. The third-order valence-electron chi connectivity index (χ3n) is 6.90. The molecule has 2 aliphatic rings. The molecular weight excluding hydrogens is 465 g/mol. The maximum absolute atomic E-state index is 12.8. The van der Waals surface area contributed by atoms with Crippen molar-refractivity contribution in [2.24, 2.45) is 0 Å². The molecule has 5 heteroatoms. The van der Waals surface area contributed by atoms with E-state index in [2.05, 4.69) is 66.9 Å². The van der Waals surface area contributed by atoms with Crippen LogP contribution in [0.1, 0.15) is 50.1 Å². The summed E-state index contributed by atoms with van der Waals surface area (Å²) in [6.07, 6.45) is 4.55. The number of hydrogen-bond donors (Lipinski definition) is 0. The number of para-hydroxylation sites is 2. The van der Waals surface area contributed by atoms with E-state index >= 15 is 0 Å². The number of carbonyl (C=O) groups is 2. The van der Waals surface area contributed by atoms with Gasteiger partial charge in [0.05, 0.1) is 0 Å². The van der Waals surface area contributed by atoms with Gasteiger partial charge in [0.25, 0.3) is 0 Å². The Kier molecular flexibility index (Phi) is 3.35. The first-order chi connectivity index (χ1) is 15.5. The summed E-state index contributed by atoms with van der Waals surface area (Å²) >= 11 is -0.0284. The predicted molar refractivity (Wildman–Crippen MR) is 125 cm³/mol. The summed E-state index contributed by atoms with van der Waals surface area (Å²) in [5.41, 5.74) is 5.88. The zero-order valence-electron chi connectivity index (χ0n) is 17.4. The number of benzene rings is 2. The molecule has 154 valence electrons. The quantitative estimate of drug-likeness (QED) is 0.179. The van der Waals surface area contributed by atoms with Crippen LogP contribution in [0, 0.1) is 0 Å². The molecule has 0 bridgehead atoms. The van der Waals surface area contributed by atoms with Crippen LogP contribution in [0.4, 0.5) is 0 Å². The third-order valence-corrected chi connectivity index (χ3v) is 9.14. The zero-order chi connectivity index (χ0) is 21.8. The van der Waals surface area contributed by atoms with Crippen LogP contribution in [0.3, 0.4) is 0 Å². The molecule has 0 N–H and O–H groups in total. The van der Waals surface area contributed by atoms with E-state index in [4.69, 9.17) is 4.42 Å². The summed E-state index contributed by atoms with van der Waals surface area (Å²) in [6.45, 7) is 4.54. The van der Waals surface area contributed by atoms with Gasteiger partial charge in [-0.25, -0.2) is 0 Å². The molecule has 0 atom stereocenters. The Morgan fingerprint density at radius 2 is 1.62 bits per heavy atom. The molecule has 1 aliphatic carbocycles. The molecule has 1 aliphatic heterocycles. The van der Waals surface area contributed by atoms with E-state index in [9.17, 15) is 9.59 Å². The number of hydrogen-bond acceptors (Lipinski definition) is 3. The molecule has 0 unspecified atom stereocenters. The first-order valence-electron chi connectivity index (χ1n) is 10.5. The average Bonchev–Trinajstić information content (AvgIpc) is 3.54. The van der Waals surface area contributed by atoms with Gasteiger partial charge in [-0.15, -0.1) is 0 Å². The van der Waals surface area contributed by atoms with Crippen molar-refractivity contribution in [3.63, 3.8) is 0 Å². The second-order valence-electron chi connectivity index (χ2n) is 8.96. The monoisotopic (exact) mass is 483 g/mol. The number of carbonyl (C=O) groups excluding carboxylic acids is 2. The second-order valence-corrected chi connectivity index (χ2v) is 11.2. The van der Waals surface area contributed by atoms with Gasteiger partial charge in [0, 0.05) is 0 Å². The predicted octanol–water partition coefficient (Wildman–Crippen LogP) is 5.54. The third kappa shape index (κ3) is 2.08. The number of ketones is 2. The van der Waals surface area contributed by atoms with E-state index in [1.54, 1.807) is 0 Å². The van der Waals surface area contributed by atoms with Crippen molar-refractivity contribution in [2.45, 2.75) is 19.3 Å². The van der Waals surface area contributed by atoms with Crippen LogP contribution >= 0.6 is 0 Å². The SMILES string of the molecule is CC1(C)c2cc(C=C3C(=O)c4cocc4C3=O)[se]c2-n2c3ccccc3c3cccc1c32. The van der Waals surface area contributed by atoms with Gasteiger partial charge in [-0.05, 0) is 0 Å². The summed E-state index contributed by atoms with van der Waals surface area (Å²) in [5.74, 6) is -0.478. The Labute approximate surface area is 189 Å². The number of aromatic nitrogens is 1. The van der Waals surface area contributed by atoms with Crippen LogP contribution < -0.4 is 0 Å². The summed E-state index contributed by atoms with van der Waals surface area (Å²) in [6, 6.07) is 17.3. The maximum atomic E-state index is 12.8. The van der Waals surface area contributed by atoms with E-state index in [0.717, 1.165) is 4.44 Å². The molecule has 4 heterocycles. The normalized spacial score (nSPS) is 16.1. The van der Waals surface area contributed by atoms with Gasteiger partial charge in [-0.1, -0.05) is 0 Å². The molecule has 0 spiro atoms. The Morgan fingerprint density at radius 3 is 2.41 bits per heavy atom. The molecule has 3 aromatic heterocycles. The van der Waals surface area contributed by atoms with Gasteiger partial charge < -0.3 is 0 Å². The van der Waals surface area contributed by atoms with Crippen molar-refractivity contribution < 1.29 is 14.0 Å². The standard InChI is InChI=1S/C27H17NO3Se/c1-27(2)20-8-5-7-16-15-6-3-4-9-22(15)28(23(16)20)26-21(27)11-14(32-26)10-17-24(29)18-12-31-13-19(18)25(17)30/h3-13H,1-2H3. The fraction of sp³-hybridized carbons (Fsp3) is 0.111. The molecule has 0 saturated carbocycles. The summed E-state index contributed by atoms with van der Waals surface area (Å²) in [7, 11) is 0. The average molecular weight is 482 g/mol. The zero-order valence-corrected chi connectivity index (χ0v) is 19.1. The number of nitrogens with zero attached hydrogens (tertiary/aromatic N) is 1. The number of furan rings is 1. The number of Topliss-reactive ketones (excluding diaryl/α,β-unsaturated/α-hetero) is 2. The van der Waals surface area contributed by atoms with E-state index in [1.165, 1.54) is 50.0 Å². The van der Waals surface area contributed by atoms with Gasteiger partial charge in [-0.2, -0.15) is 0 Å². The summed E-state index contributed by atoms with van der Waals surface area (Å²) in [4.78, 5) is 25.6. The van der Waals surface area contributed by atoms with Crippen molar-refractivity contribution in [2.75, 3.05) is 0 Å². The molecule has 4 nitrogen and oxygen atoms in total. The molecule has 0 saturated heterocycles. The number of fused-ring (bicyclic) bond motifs is 6. The van der Waals surface area contributed by atoms with Crippen molar-refractivity contribution >= 4 is 54.0 Å². The van der Waals surface area contributed by atoms with Gasteiger partial charge in [0.2, 0.25) is 0 Å². The van der Waals surface area contributed by atoms with Gasteiger partial charge in [-0.3, -0.25) is 0 Å². The molecule has 32 heavy (non-hydrogen) atoms. The van der Waals surface area contributed by atoms with Crippen LogP contribution in [0.25, 0.3) is 32.4 Å². The fourth-order valence-electron chi connectivity index (χ4n) is 5.28. The second kappa shape index (κ2) is 5.89. The molecule has 0 amide bonds. The fourth-order valence-corrected chi connectivity index (χ4v) is 7.97. The van der Waals surface area contributed by atoms with Gasteiger partial charge in [0.1, 0.15) is 0 Å². The Bertz CT molecular complexity index is 1660. The van der Waals surface area contributed by atoms with E-state index in [0.29, 0.717) is 11.1 Å². The minimum absolute atomic E-state index is 0.0284. The van der Waals surface area contributed by atoms with Crippen LogP contribution in [0.5, 0.6) is 0 Å². The van der Waals surface area contributed by atoms with Gasteiger partial charge in [0.15, 0.2) is 0 Å². The van der Waals surface area contributed by atoms with Crippen molar-refractivity contribution in [1.29, 1.82) is 0 Å². The van der Waals surface area contributed by atoms with Crippen LogP contribution in [0.2, 0.25) is 0 Å². The molecule has 0 radical (unpaired) electrons. The Morgan fingerprint density at radius 1 is 0.906 bits per heavy atom. The van der Waals surface area contributed by atoms with Gasteiger partial charge >= 0.3 is 190 Å². The Hall–Kier alpha value is -3.40. The number of rotatable bonds is 1. The van der Waals surface area contributed by atoms with Crippen molar-refractivity contribution in [3.05, 3.63) is 93.3 Å². The molecular formula is C27H17NO3Se. The Balaban J connectivity index is 1.51. The number of allylic oxidation sites excluding steroid dienone is 1. The summed E-state index contributed by atoms with van der Waals surface area (Å²) < 4.78 is 9.81. The molecule has 5 aromatic rings. The van der Waals surface area contributed by atoms with Crippen molar-refractivity contribution in [1.82, 2.24) is 4.57 Å². The molecule has 0 fully saturated rings. The van der Waals surface area contributed by atoms with E-state index < -0.39 is 0 Å². The van der Waals surface area contributed by atoms with E-state index in [1.807, 2.05) is 6.08 Å². The molecule has 2 aromatic carbocycles.